The molecule has 2 aliphatic heterocycles. The molecule has 34 heavy (non-hydrogen) atoms. The van der Waals surface area contributed by atoms with Crippen molar-refractivity contribution in [1.29, 1.82) is 0 Å². The number of aromatic nitrogens is 5. The lowest BCUT2D eigenvalue weighted by molar-refractivity contribution is 0.00608. The molecule has 0 saturated carbocycles. The van der Waals surface area contributed by atoms with E-state index in [0.717, 1.165) is 67.6 Å². The first-order valence-electron chi connectivity index (χ1n) is 12.2. The highest BCUT2D eigenvalue weighted by Crippen LogP contribution is 2.32. The standard InChI is InChI=1S/C25H31N7O2/c1-15-19(3-6-23(27-15)31-9-17-7-18(10-31)14-34-13-17)11-32-12-20(8-26-32)25(33)28-22-5-4-21-16(2)29-30-24(21)22/h3,6,8,12,17-18,22H,4-5,7,9-11,13-14H2,1-2H3,(H,28,33)(H,29,30). The van der Waals surface area contributed by atoms with Crippen LogP contribution in [0.25, 0.3) is 0 Å². The number of carbonyl (C=O) groups is 1. The third kappa shape index (κ3) is 3.98. The summed E-state index contributed by atoms with van der Waals surface area (Å²) in [6, 6.07) is 4.21. The predicted octanol–water partition coefficient (Wildman–Crippen LogP) is 2.56. The van der Waals surface area contributed by atoms with Gasteiger partial charge in [-0.2, -0.15) is 10.2 Å². The average molecular weight is 462 g/mol. The van der Waals surface area contributed by atoms with Crippen LogP contribution in [0.15, 0.2) is 24.5 Å². The van der Waals surface area contributed by atoms with Gasteiger partial charge in [0.05, 0.1) is 43.3 Å². The summed E-state index contributed by atoms with van der Waals surface area (Å²) in [5.41, 5.74) is 5.94. The first-order chi connectivity index (χ1) is 16.5. The summed E-state index contributed by atoms with van der Waals surface area (Å²) in [5, 5.41) is 14.9. The Bertz CT molecular complexity index is 1200. The zero-order valence-electron chi connectivity index (χ0n) is 19.8. The summed E-state index contributed by atoms with van der Waals surface area (Å²) < 4.78 is 7.52. The molecule has 3 aromatic rings. The van der Waals surface area contributed by atoms with E-state index in [4.69, 9.17) is 9.72 Å². The number of pyridine rings is 1. The zero-order valence-corrected chi connectivity index (χ0v) is 19.8. The molecular weight excluding hydrogens is 430 g/mol. The van der Waals surface area contributed by atoms with Crippen molar-refractivity contribution in [3.05, 3.63) is 58.3 Å². The number of ether oxygens (including phenoxy) is 1. The van der Waals surface area contributed by atoms with Gasteiger partial charge in [-0.25, -0.2) is 4.98 Å². The topological polar surface area (TPSA) is 101 Å². The first kappa shape index (κ1) is 21.3. The Morgan fingerprint density at radius 1 is 1.24 bits per heavy atom. The monoisotopic (exact) mass is 461 g/mol. The average Bonchev–Trinajstić information content (AvgIpc) is 3.54. The second-order valence-electron chi connectivity index (χ2n) is 10.0. The van der Waals surface area contributed by atoms with Gasteiger partial charge in [0, 0.05) is 42.5 Å². The van der Waals surface area contributed by atoms with Gasteiger partial charge in [0.15, 0.2) is 0 Å². The number of anilines is 1. The number of nitrogens with zero attached hydrogens (tertiary/aromatic N) is 5. The van der Waals surface area contributed by atoms with Crippen molar-refractivity contribution < 1.29 is 9.53 Å². The van der Waals surface area contributed by atoms with Crippen molar-refractivity contribution in [3.8, 4) is 0 Å². The van der Waals surface area contributed by atoms with E-state index < -0.39 is 0 Å². The van der Waals surface area contributed by atoms with Gasteiger partial charge in [-0.1, -0.05) is 6.07 Å². The molecule has 3 aromatic heterocycles. The lowest BCUT2D eigenvalue weighted by atomic mass is 9.88. The summed E-state index contributed by atoms with van der Waals surface area (Å²) in [6.45, 7) is 8.41. The number of aromatic amines is 1. The van der Waals surface area contributed by atoms with Crippen LogP contribution in [0.2, 0.25) is 0 Å². The molecule has 6 rings (SSSR count). The van der Waals surface area contributed by atoms with Crippen molar-refractivity contribution in [2.75, 3.05) is 31.2 Å². The highest BCUT2D eigenvalue weighted by atomic mass is 16.5. The number of carbonyl (C=O) groups excluding carboxylic acids is 1. The van der Waals surface area contributed by atoms with Gasteiger partial charge in [0.25, 0.3) is 5.91 Å². The number of aryl methyl sites for hydroxylation is 2. The fourth-order valence-electron chi connectivity index (χ4n) is 5.69. The van der Waals surface area contributed by atoms with E-state index in [1.54, 1.807) is 17.1 Å². The smallest absolute Gasteiger partial charge is 0.255 e. The van der Waals surface area contributed by atoms with Gasteiger partial charge in [-0.3, -0.25) is 14.6 Å². The number of hydrogen-bond acceptors (Lipinski definition) is 6. The fourth-order valence-corrected chi connectivity index (χ4v) is 5.69. The molecule has 2 bridgehead atoms. The summed E-state index contributed by atoms with van der Waals surface area (Å²) in [5.74, 6) is 2.14. The Kier molecular flexibility index (Phi) is 5.36. The molecule has 2 N–H and O–H groups in total. The number of piperidine rings is 1. The third-order valence-corrected chi connectivity index (χ3v) is 7.49. The number of nitrogens with one attached hydrogen (secondary N) is 2. The lowest BCUT2D eigenvalue weighted by Crippen LogP contribution is -2.47. The van der Waals surface area contributed by atoms with Crippen LogP contribution in [0.5, 0.6) is 0 Å². The summed E-state index contributed by atoms with van der Waals surface area (Å²) in [7, 11) is 0. The number of amides is 1. The maximum atomic E-state index is 12.8. The number of hydrogen-bond donors (Lipinski definition) is 2. The van der Waals surface area contributed by atoms with E-state index in [9.17, 15) is 4.79 Å². The highest BCUT2D eigenvalue weighted by molar-refractivity contribution is 5.94. The number of H-pyrrole nitrogens is 1. The van der Waals surface area contributed by atoms with Gasteiger partial charge < -0.3 is 15.0 Å². The molecular formula is C25H31N7O2. The zero-order chi connectivity index (χ0) is 23.2. The minimum absolute atomic E-state index is 0.0457. The van der Waals surface area contributed by atoms with Crippen LogP contribution < -0.4 is 10.2 Å². The quantitative estimate of drug-likeness (QED) is 0.606. The molecule has 3 unspecified atom stereocenters. The second kappa shape index (κ2) is 8.54. The normalized spacial score (nSPS) is 23.7. The van der Waals surface area contributed by atoms with Gasteiger partial charge in [-0.05, 0) is 50.3 Å². The molecule has 3 atom stereocenters. The van der Waals surface area contributed by atoms with Crippen LogP contribution >= 0.6 is 0 Å². The van der Waals surface area contributed by atoms with Gasteiger partial charge in [0.1, 0.15) is 5.82 Å². The molecule has 2 saturated heterocycles. The molecule has 1 amide bonds. The van der Waals surface area contributed by atoms with Crippen LogP contribution in [0, 0.1) is 25.7 Å². The highest BCUT2D eigenvalue weighted by Gasteiger charge is 2.32. The summed E-state index contributed by atoms with van der Waals surface area (Å²) in [6.07, 6.45) is 6.53. The molecule has 2 fully saturated rings. The Balaban J connectivity index is 1.11. The lowest BCUT2D eigenvalue weighted by Gasteiger charge is -2.41. The summed E-state index contributed by atoms with van der Waals surface area (Å²) in [4.78, 5) is 20.1. The third-order valence-electron chi connectivity index (χ3n) is 7.49. The Morgan fingerprint density at radius 3 is 2.85 bits per heavy atom. The number of fused-ring (bicyclic) bond motifs is 3. The maximum Gasteiger partial charge on any atom is 0.255 e. The Morgan fingerprint density at radius 2 is 2.06 bits per heavy atom. The van der Waals surface area contributed by atoms with E-state index in [1.807, 2.05) is 13.8 Å². The maximum absolute atomic E-state index is 12.8. The van der Waals surface area contributed by atoms with E-state index in [-0.39, 0.29) is 11.9 Å². The molecule has 0 radical (unpaired) electrons. The van der Waals surface area contributed by atoms with Crippen LogP contribution in [-0.4, -0.2) is 57.2 Å². The van der Waals surface area contributed by atoms with Gasteiger partial charge in [0.2, 0.25) is 0 Å². The predicted molar refractivity (Wildman–Crippen MR) is 127 cm³/mol. The summed E-state index contributed by atoms with van der Waals surface area (Å²) >= 11 is 0. The largest absolute Gasteiger partial charge is 0.381 e. The molecule has 1 aliphatic carbocycles. The van der Waals surface area contributed by atoms with Gasteiger partial charge in [-0.15, -0.1) is 0 Å². The first-order valence-corrected chi connectivity index (χ1v) is 12.2. The van der Waals surface area contributed by atoms with E-state index in [0.29, 0.717) is 23.9 Å². The van der Waals surface area contributed by atoms with E-state index in [1.165, 1.54) is 12.0 Å². The second-order valence-corrected chi connectivity index (χ2v) is 10.0. The van der Waals surface area contributed by atoms with Crippen molar-refractivity contribution in [2.24, 2.45) is 11.8 Å². The Labute approximate surface area is 198 Å². The molecule has 0 aromatic carbocycles. The van der Waals surface area contributed by atoms with Gasteiger partial charge >= 0.3 is 0 Å². The number of rotatable bonds is 5. The molecule has 9 nitrogen and oxygen atoms in total. The van der Waals surface area contributed by atoms with Crippen LogP contribution in [0.3, 0.4) is 0 Å². The molecule has 178 valence electrons. The SMILES string of the molecule is Cc1nc(N2CC3COCC(C3)C2)ccc1Cn1cc(C(=O)NC2CCc3c2n[nH]c3C)cn1. The van der Waals surface area contributed by atoms with Crippen molar-refractivity contribution in [1.82, 2.24) is 30.3 Å². The van der Waals surface area contributed by atoms with Crippen LogP contribution in [-0.2, 0) is 17.7 Å². The van der Waals surface area contributed by atoms with Crippen LogP contribution in [0.1, 0.15) is 57.5 Å². The molecule has 9 heteroatoms. The van der Waals surface area contributed by atoms with Crippen molar-refractivity contribution in [3.63, 3.8) is 0 Å². The molecule has 0 spiro atoms. The van der Waals surface area contributed by atoms with E-state index in [2.05, 4.69) is 37.6 Å². The van der Waals surface area contributed by atoms with E-state index >= 15 is 0 Å². The molecule has 3 aliphatic rings. The molecule has 5 heterocycles. The minimum Gasteiger partial charge on any atom is -0.381 e. The Hall–Kier alpha value is -3.20. The minimum atomic E-state index is -0.116. The van der Waals surface area contributed by atoms with Crippen LogP contribution in [0.4, 0.5) is 5.82 Å². The fraction of sp³-hybridized carbons (Fsp3) is 0.520. The van der Waals surface area contributed by atoms with Crippen molar-refractivity contribution >= 4 is 11.7 Å². The van der Waals surface area contributed by atoms with Crippen molar-refractivity contribution in [2.45, 2.75) is 45.7 Å².